The standard InChI is InChI=1S/C16H23F3NO3P/c1-3-22-24(21,23-4-2)15-12-20(11-14(15)16(17,18)19)10-13-8-6-5-7-9-13/h5-9,14-15H,3-4,10-12H2,1-2H3. The molecule has 0 N–H and O–H groups in total. The Morgan fingerprint density at radius 1 is 1.12 bits per heavy atom. The van der Waals surface area contributed by atoms with Gasteiger partial charge in [0.1, 0.15) is 0 Å². The molecule has 0 amide bonds. The summed E-state index contributed by atoms with van der Waals surface area (Å²) in [7, 11) is -3.82. The van der Waals surface area contributed by atoms with Crippen molar-refractivity contribution < 1.29 is 26.8 Å². The fourth-order valence-electron chi connectivity index (χ4n) is 3.07. The van der Waals surface area contributed by atoms with Crippen LogP contribution in [0, 0.1) is 5.92 Å². The molecule has 2 rings (SSSR count). The number of benzene rings is 1. The Hall–Kier alpha value is -0.880. The van der Waals surface area contributed by atoms with Gasteiger partial charge in [-0.3, -0.25) is 9.46 Å². The molecule has 1 aliphatic heterocycles. The highest BCUT2D eigenvalue weighted by Crippen LogP contribution is 2.59. The fourth-order valence-corrected chi connectivity index (χ4v) is 5.38. The summed E-state index contributed by atoms with van der Waals surface area (Å²) < 4.78 is 63.7. The van der Waals surface area contributed by atoms with Crippen LogP contribution in [0.3, 0.4) is 0 Å². The third-order valence-electron chi connectivity index (χ3n) is 4.06. The molecule has 0 saturated carbocycles. The van der Waals surface area contributed by atoms with Crippen LogP contribution in [-0.2, 0) is 20.2 Å². The van der Waals surface area contributed by atoms with Gasteiger partial charge >= 0.3 is 13.8 Å². The average Bonchev–Trinajstić information content (AvgIpc) is 2.94. The summed E-state index contributed by atoms with van der Waals surface area (Å²) in [4.78, 5) is 1.67. The second-order valence-corrected chi connectivity index (χ2v) is 8.03. The van der Waals surface area contributed by atoms with Gasteiger partial charge in [-0.1, -0.05) is 30.3 Å². The maximum atomic E-state index is 13.5. The highest BCUT2D eigenvalue weighted by Gasteiger charge is 2.57. The van der Waals surface area contributed by atoms with E-state index in [4.69, 9.17) is 9.05 Å². The van der Waals surface area contributed by atoms with E-state index in [0.29, 0.717) is 6.54 Å². The van der Waals surface area contributed by atoms with Crippen molar-refractivity contribution in [1.82, 2.24) is 4.90 Å². The highest BCUT2D eigenvalue weighted by molar-refractivity contribution is 7.54. The van der Waals surface area contributed by atoms with Gasteiger partial charge < -0.3 is 9.05 Å². The summed E-state index contributed by atoms with van der Waals surface area (Å²) in [6.07, 6.45) is -4.44. The molecule has 2 unspecified atom stereocenters. The normalized spacial score (nSPS) is 22.9. The minimum atomic E-state index is -4.44. The summed E-state index contributed by atoms with van der Waals surface area (Å²) in [5.74, 6) is -1.72. The SMILES string of the molecule is CCOP(=O)(OCC)C1CN(Cc2ccccc2)CC1C(F)(F)F. The fraction of sp³-hybridized carbons (Fsp3) is 0.625. The van der Waals surface area contributed by atoms with Crippen molar-refractivity contribution in [2.75, 3.05) is 26.3 Å². The van der Waals surface area contributed by atoms with E-state index in [0.717, 1.165) is 5.56 Å². The molecular formula is C16H23F3NO3P. The molecule has 8 heteroatoms. The molecule has 1 fully saturated rings. The molecule has 0 aliphatic carbocycles. The summed E-state index contributed by atoms with van der Waals surface area (Å²) >= 11 is 0. The lowest BCUT2D eigenvalue weighted by Gasteiger charge is -2.28. The van der Waals surface area contributed by atoms with E-state index in [1.54, 1.807) is 18.7 Å². The van der Waals surface area contributed by atoms with Crippen LogP contribution in [0.1, 0.15) is 19.4 Å². The van der Waals surface area contributed by atoms with Crippen molar-refractivity contribution in [2.24, 2.45) is 5.92 Å². The van der Waals surface area contributed by atoms with Crippen LogP contribution in [0.5, 0.6) is 0 Å². The molecule has 4 nitrogen and oxygen atoms in total. The van der Waals surface area contributed by atoms with Crippen LogP contribution in [0.2, 0.25) is 0 Å². The van der Waals surface area contributed by atoms with Crippen LogP contribution in [0.4, 0.5) is 13.2 Å². The molecule has 1 aromatic rings. The molecule has 0 aromatic heterocycles. The molecule has 24 heavy (non-hydrogen) atoms. The van der Waals surface area contributed by atoms with Crippen LogP contribution >= 0.6 is 7.60 Å². The smallest absolute Gasteiger partial charge is 0.309 e. The molecule has 0 bridgehead atoms. The lowest BCUT2D eigenvalue weighted by atomic mass is 10.1. The zero-order valence-corrected chi connectivity index (χ0v) is 14.7. The zero-order chi connectivity index (χ0) is 17.8. The van der Waals surface area contributed by atoms with Gasteiger partial charge in [-0.2, -0.15) is 13.2 Å². The predicted octanol–water partition coefficient (Wildman–Crippen LogP) is 4.32. The minimum absolute atomic E-state index is 0.0380. The maximum absolute atomic E-state index is 13.5. The molecule has 0 spiro atoms. The number of hydrogen-bond donors (Lipinski definition) is 0. The van der Waals surface area contributed by atoms with Crippen LogP contribution in [0.15, 0.2) is 30.3 Å². The first-order chi connectivity index (χ1) is 11.3. The van der Waals surface area contributed by atoms with E-state index in [-0.39, 0.29) is 26.3 Å². The van der Waals surface area contributed by atoms with Crippen LogP contribution in [0.25, 0.3) is 0 Å². The monoisotopic (exact) mass is 365 g/mol. The Morgan fingerprint density at radius 3 is 2.21 bits per heavy atom. The van der Waals surface area contributed by atoms with Gasteiger partial charge in [0.2, 0.25) is 0 Å². The van der Waals surface area contributed by atoms with Gasteiger partial charge in [0.15, 0.2) is 0 Å². The summed E-state index contributed by atoms with van der Waals surface area (Å²) in [6.45, 7) is 3.52. The van der Waals surface area contributed by atoms with E-state index in [1.807, 2.05) is 30.3 Å². The Bertz CT molecular complexity index is 557. The van der Waals surface area contributed by atoms with E-state index >= 15 is 0 Å². The van der Waals surface area contributed by atoms with E-state index in [1.165, 1.54) is 0 Å². The van der Waals surface area contributed by atoms with E-state index in [9.17, 15) is 17.7 Å². The Kier molecular flexibility index (Phi) is 6.48. The van der Waals surface area contributed by atoms with Crippen LogP contribution in [-0.4, -0.2) is 43.0 Å². The Labute approximate surface area is 140 Å². The molecular weight excluding hydrogens is 342 g/mol. The van der Waals surface area contributed by atoms with Crippen molar-refractivity contribution in [1.29, 1.82) is 0 Å². The molecule has 0 radical (unpaired) electrons. The lowest BCUT2D eigenvalue weighted by Crippen LogP contribution is -2.34. The Balaban J connectivity index is 2.22. The van der Waals surface area contributed by atoms with Gasteiger partial charge in [-0.15, -0.1) is 0 Å². The van der Waals surface area contributed by atoms with Gasteiger partial charge in [0, 0.05) is 19.6 Å². The number of halogens is 3. The lowest BCUT2D eigenvalue weighted by molar-refractivity contribution is -0.170. The summed E-state index contributed by atoms with van der Waals surface area (Å²) in [5, 5.41) is 0. The number of hydrogen-bond acceptors (Lipinski definition) is 4. The van der Waals surface area contributed by atoms with Crippen molar-refractivity contribution >= 4 is 7.60 Å². The van der Waals surface area contributed by atoms with E-state index in [2.05, 4.69) is 0 Å². The number of likely N-dealkylation sites (tertiary alicyclic amines) is 1. The van der Waals surface area contributed by atoms with Crippen molar-refractivity contribution in [2.45, 2.75) is 32.2 Å². The Morgan fingerprint density at radius 2 is 1.71 bits per heavy atom. The minimum Gasteiger partial charge on any atom is -0.309 e. The first-order valence-corrected chi connectivity index (χ1v) is 9.63. The van der Waals surface area contributed by atoms with Gasteiger partial charge in [-0.25, -0.2) is 0 Å². The molecule has 1 saturated heterocycles. The molecule has 2 atom stereocenters. The third kappa shape index (κ3) is 4.60. The average molecular weight is 365 g/mol. The van der Waals surface area contributed by atoms with E-state index < -0.39 is 25.3 Å². The van der Waals surface area contributed by atoms with Crippen molar-refractivity contribution in [3.05, 3.63) is 35.9 Å². The summed E-state index contributed by atoms with van der Waals surface area (Å²) in [6, 6.07) is 9.26. The first kappa shape index (κ1) is 19.4. The van der Waals surface area contributed by atoms with Crippen molar-refractivity contribution in [3.63, 3.8) is 0 Å². The van der Waals surface area contributed by atoms with Gasteiger partial charge in [0.25, 0.3) is 0 Å². The first-order valence-electron chi connectivity index (χ1n) is 8.02. The largest absolute Gasteiger partial charge is 0.393 e. The highest BCUT2D eigenvalue weighted by atomic mass is 31.2. The second kappa shape index (κ2) is 8.00. The zero-order valence-electron chi connectivity index (χ0n) is 13.8. The number of alkyl halides is 3. The molecule has 136 valence electrons. The molecule has 1 heterocycles. The predicted molar refractivity (Wildman–Crippen MR) is 85.9 cm³/mol. The molecule has 1 aromatic carbocycles. The van der Waals surface area contributed by atoms with Crippen molar-refractivity contribution in [3.8, 4) is 0 Å². The topological polar surface area (TPSA) is 38.8 Å². The van der Waals surface area contributed by atoms with Gasteiger partial charge in [0.05, 0.1) is 24.8 Å². The van der Waals surface area contributed by atoms with Gasteiger partial charge in [-0.05, 0) is 19.4 Å². The maximum Gasteiger partial charge on any atom is 0.393 e. The number of nitrogens with zero attached hydrogens (tertiary/aromatic N) is 1. The number of rotatable bonds is 7. The quantitative estimate of drug-likeness (QED) is 0.675. The second-order valence-electron chi connectivity index (χ2n) is 5.77. The summed E-state index contributed by atoms with van der Waals surface area (Å²) in [5.41, 5.74) is -0.275. The third-order valence-corrected chi connectivity index (χ3v) is 6.63. The van der Waals surface area contributed by atoms with Crippen LogP contribution < -0.4 is 0 Å². The molecule has 1 aliphatic rings.